The normalized spacial score (nSPS) is 23.4. The minimum absolute atomic E-state index is 0.0898. The summed E-state index contributed by atoms with van der Waals surface area (Å²) in [6.45, 7) is 4.32. The van der Waals surface area contributed by atoms with E-state index in [0.717, 1.165) is 30.7 Å². The maximum atomic E-state index is 14.5. The summed E-state index contributed by atoms with van der Waals surface area (Å²) in [6.07, 6.45) is 25.0. The van der Waals surface area contributed by atoms with E-state index in [1.807, 2.05) is 6.92 Å². The first-order valence-corrected chi connectivity index (χ1v) is 13.5. The van der Waals surface area contributed by atoms with E-state index in [1.54, 1.807) is 12.1 Å². The molecule has 1 fully saturated rings. The second-order valence-electron chi connectivity index (χ2n) is 10.2. The van der Waals surface area contributed by atoms with Crippen molar-refractivity contribution in [1.82, 2.24) is 0 Å². The Kier molecular flexibility index (Phi) is 10.5. The lowest BCUT2D eigenvalue weighted by Crippen LogP contribution is -2.17. The number of rotatable bonds is 12. The molecule has 0 N–H and O–H groups in total. The van der Waals surface area contributed by atoms with Gasteiger partial charge in [-0.15, -0.1) is 0 Å². The van der Waals surface area contributed by atoms with E-state index in [9.17, 15) is 8.78 Å². The van der Waals surface area contributed by atoms with Crippen molar-refractivity contribution in [3.63, 3.8) is 0 Å². The molecule has 2 heteroatoms. The molecule has 1 atom stereocenters. The van der Waals surface area contributed by atoms with Crippen LogP contribution < -0.4 is 0 Å². The van der Waals surface area contributed by atoms with E-state index in [4.69, 9.17) is 0 Å². The van der Waals surface area contributed by atoms with Crippen LogP contribution in [-0.4, -0.2) is 0 Å². The maximum absolute atomic E-state index is 14.5. The molecule has 1 aromatic carbocycles. The van der Waals surface area contributed by atoms with Gasteiger partial charge in [-0.25, -0.2) is 8.78 Å². The SMILES string of the molecule is CCCCCCCC[C@H]1CC[C@H](C2=CCC(c3cc(F)c(CCCC)c(F)c3)C=C2)CC1. The Morgan fingerprint density at radius 3 is 2.09 bits per heavy atom. The first kappa shape index (κ1) is 25.2. The van der Waals surface area contributed by atoms with Crippen molar-refractivity contribution in [2.75, 3.05) is 0 Å². The summed E-state index contributed by atoms with van der Waals surface area (Å²) in [5, 5.41) is 0. The number of hydrogen-bond donors (Lipinski definition) is 0. The summed E-state index contributed by atoms with van der Waals surface area (Å²) in [6, 6.07) is 3.13. The van der Waals surface area contributed by atoms with Crippen molar-refractivity contribution in [1.29, 1.82) is 0 Å². The largest absolute Gasteiger partial charge is 0.207 e. The van der Waals surface area contributed by atoms with Gasteiger partial charge in [0, 0.05) is 11.5 Å². The smallest absolute Gasteiger partial charge is 0.129 e. The van der Waals surface area contributed by atoms with E-state index in [0.29, 0.717) is 12.3 Å². The number of hydrogen-bond acceptors (Lipinski definition) is 0. The van der Waals surface area contributed by atoms with Crippen molar-refractivity contribution in [2.45, 2.75) is 116 Å². The van der Waals surface area contributed by atoms with Gasteiger partial charge in [-0.05, 0) is 80.1 Å². The predicted octanol–water partition coefficient (Wildman–Crippen LogP) is 9.83. The maximum Gasteiger partial charge on any atom is 0.129 e. The Labute approximate surface area is 195 Å². The lowest BCUT2D eigenvalue weighted by atomic mass is 9.75. The van der Waals surface area contributed by atoms with Gasteiger partial charge in [0.2, 0.25) is 0 Å². The van der Waals surface area contributed by atoms with Gasteiger partial charge in [0.15, 0.2) is 0 Å². The molecule has 0 amide bonds. The van der Waals surface area contributed by atoms with Gasteiger partial charge in [-0.3, -0.25) is 0 Å². The van der Waals surface area contributed by atoms with Gasteiger partial charge < -0.3 is 0 Å². The van der Waals surface area contributed by atoms with Crippen LogP contribution in [0.5, 0.6) is 0 Å². The van der Waals surface area contributed by atoms with Crippen LogP contribution in [-0.2, 0) is 6.42 Å². The third kappa shape index (κ3) is 7.29. The van der Waals surface area contributed by atoms with Crippen molar-refractivity contribution in [3.05, 3.63) is 58.7 Å². The van der Waals surface area contributed by atoms with Crippen molar-refractivity contribution in [2.24, 2.45) is 11.8 Å². The third-order valence-electron chi connectivity index (χ3n) is 7.78. The minimum atomic E-state index is -0.375. The molecule has 178 valence electrons. The summed E-state index contributed by atoms with van der Waals surface area (Å²) in [5.41, 5.74) is 2.48. The summed E-state index contributed by atoms with van der Waals surface area (Å²) in [5.74, 6) is 0.945. The lowest BCUT2D eigenvalue weighted by Gasteiger charge is -2.31. The number of benzene rings is 1. The number of halogens is 2. The highest BCUT2D eigenvalue weighted by Gasteiger charge is 2.24. The third-order valence-corrected chi connectivity index (χ3v) is 7.78. The Balaban J connectivity index is 1.44. The number of allylic oxidation sites excluding steroid dienone is 4. The Bertz CT molecular complexity index is 729. The molecule has 0 aliphatic heterocycles. The molecule has 0 bridgehead atoms. The van der Waals surface area contributed by atoms with Crippen LogP contribution in [0.25, 0.3) is 0 Å². The molecule has 1 saturated carbocycles. The molecule has 0 aromatic heterocycles. The van der Waals surface area contributed by atoms with Gasteiger partial charge >= 0.3 is 0 Å². The van der Waals surface area contributed by atoms with Gasteiger partial charge in [-0.1, -0.05) is 83.4 Å². The highest BCUT2D eigenvalue weighted by molar-refractivity contribution is 5.36. The average molecular weight is 443 g/mol. The molecule has 0 saturated heterocycles. The number of unbranched alkanes of at least 4 members (excludes halogenated alkanes) is 6. The Morgan fingerprint density at radius 1 is 0.812 bits per heavy atom. The minimum Gasteiger partial charge on any atom is -0.207 e. The van der Waals surface area contributed by atoms with Crippen LogP contribution in [0.15, 0.2) is 35.9 Å². The molecule has 0 nitrogen and oxygen atoms in total. The molecule has 32 heavy (non-hydrogen) atoms. The van der Waals surface area contributed by atoms with Crippen LogP contribution in [0.4, 0.5) is 8.78 Å². The topological polar surface area (TPSA) is 0 Å². The molecular weight excluding hydrogens is 398 g/mol. The molecule has 1 aromatic rings. The van der Waals surface area contributed by atoms with Crippen LogP contribution in [0, 0.1) is 23.5 Å². The van der Waals surface area contributed by atoms with Crippen LogP contribution >= 0.6 is 0 Å². The first-order valence-electron chi connectivity index (χ1n) is 13.5. The lowest BCUT2D eigenvalue weighted by molar-refractivity contribution is 0.282. The van der Waals surface area contributed by atoms with E-state index >= 15 is 0 Å². The fourth-order valence-corrected chi connectivity index (χ4v) is 5.61. The van der Waals surface area contributed by atoms with Gasteiger partial charge in [-0.2, -0.15) is 0 Å². The molecule has 0 heterocycles. The van der Waals surface area contributed by atoms with E-state index in [2.05, 4.69) is 25.2 Å². The fraction of sp³-hybridized carbons (Fsp3) is 0.667. The summed E-state index contributed by atoms with van der Waals surface area (Å²) in [7, 11) is 0. The summed E-state index contributed by atoms with van der Waals surface area (Å²) < 4.78 is 29.0. The van der Waals surface area contributed by atoms with Crippen LogP contribution in [0.2, 0.25) is 0 Å². The van der Waals surface area contributed by atoms with E-state index in [1.165, 1.54) is 76.2 Å². The molecule has 2 aliphatic rings. The Hall–Kier alpha value is -1.44. The second-order valence-corrected chi connectivity index (χ2v) is 10.2. The van der Waals surface area contributed by atoms with Crippen LogP contribution in [0.3, 0.4) is 0 Å². The second kappa shape index (κ2) is 13.3. The van der Waals surface area contributed by atoms with E-state index < -0.39 is 0 Å². The molecule has 0 spiro atoms. The zero-order valence-electron chi connectivity index (χ0n) is 20.5. The predicted molar refractivity (Wildman–Crippen MR) is 133 cm³/mol. The van der Waals surface area contributed by atoms with Crippen molar-refractivity contribution < 1.29 is 8.78 Å². The molecule has 0 radical (unpaired) electrons. The van der Waals surface area contributed by atoms with Gasteiger partial charge in [0.25, 0.3) is 0 Å². The highest BCUT2D eigenvalue weighted by Crippen LogP contribution is 2.39. The zero-order chi connectivity index (χ0) is 22.8. The average Bonchev–Trinajstić information content (AvgIpc) is 2.81. The first-order chi connectivity index (χ1) is 15.6. The van der Waals surface area contributed by atoms with Gasteiger partial charge in [0.05, 0.1) is 0 Å². The quantitative estimate of drug-likeness (QED) is 0.282. The van der Waals surface area contributed by atoms with Crippen LogP contribution in [0.1, 0.15) is 121 Å². The molecule has 3 rings (SSSR count). The standard InChI is InChI=1S/C30H44F2/c1-3-5-7-8-9-10-11-23-13-15-24(16-14-23)25-17-19-26(20-18-25)27-21-29(31)28(12-6-4-2)30(32)22-27/h17-19,21-24,26H,3-16,20H2,1-2H3/t23-,24-,26?. The zero-order valence-corrected chi connectivity index (χ0v) is 20.5. The molecular formula is C30H44F2. The van der Waals surface area contributed by atoms with Crippen molar-refractivity contribution >= 4 is 0 Å². The summed E-state index contributed by atoms with van der Waals surface area (Å²) >= 11 is 0. The highest BCUT2D eigenvalue weighted by atomic mass is 19.1. The monoisotopic (exact) mass is 442 g/mol. The Morgan fingerprint density at radius 2 is 1.47 bits per heavy atom. The fourth-order valence-electron chi connectivity index (χ4n) is 5.61. The van der Waals surface area contributed by atoms with E-state index in [-0.39, 0.29) is 23.1 Å². The molecule has 1 unspecified atom stereocenters. The molecule has 2 aliphatic carbocycles. The summed E-state index contributed by atoms with van der Waals surface area (Å²) in [4.78, 5) is 0. The van der Waals surface area contributed by atoms with Gasteiger partial charge in [0.1, 0.15) is 11.6 Å². The van der Waals surface area contributed by atoms with Crippen molar-refractivity contribution in [3.8, 4) is 0 Å².